The third kappa shape index (κ3) is 4.91. The largest absolute Gasteiger partial charge is 0.490 e. The minimum atomic E-state index is -3.13. The van der Waals surface area contributed by atoms with Gasteiger partial charge in [-0.25, -0.2) is 8.42 Å². The van der Waals surface area contributed by atoms with Gasteiger partial charge in [-0.3, -0.25) is 4.79 Å². The van der Waals surface area contributed by atoms with Gasteiger partial charge in [-0.2, -0.15) is 4.99 Å². The number of anilines is 1. The molecular formula is C19H25BrN2O5S2. The Morgan fingerprint density at radius 1 is 1.24 bits per heavy atom. The number of amidine groups is 1. The summed E-state index contributed by atoms with van der Waals surface area (Å²) in [6.07, 6.45) is 1.08. The first-order valence-electron chi connectivity index (χ1n) is 9.66. The molecule has 0 aliphatic carbocycles. The summed E-state index contributed by atoms with van der Waals surface area (Å²) in [4.78, 5) is 18.4. The van der Waals surface area contributed by atoms with Crippen LogP contribution in [0.25, 0.3) is 0 Å². The van der Waals surface area contributed by atoms with Gasteiger partial charge in [0.1, 0.15) is 0 Å². The maximum absolute atomic E-state index is 12.2. The summed E-state index contributed by atoms with van der Waals surface area (Å²) >= 11 is 4.91. The first-order valence-corrected chi connectivity index (χ1v) is 13.2. The molecule has 1 amide bonds. The summed E-state index contributed by atoms with van der Waals surface area (Å²) in [5, 5.41) is 0.404. The fraction of sp³-hybridized carbons (Fsp3) is 0.579. The highest BCUT2D eigenvalue weighted by atomic mass is 79.9. The highest BCUT2D eigenvalue weighted by molar-refractivity contribution is 9.10. The van der Waals surface area contributed by atoms with E-state index in [-0.39, 0.29) is 28.7 Å². The van der Waals surface area contributed by atoms with Crippen molar-refractivity contribution >= 4 is 54.3 Å². The summed E-state index contributed by atoms with van der Waals surface area (Å²) in [5.74, 6) is 1.10. The van der Waals surface area contributed by atoms with Crippen LogP contribution in [0.1, 0.15) is 33.6 Å². The number of halogens is 1. The zero-order valence-electron chi connectivity index (χ0n) is 16.7. The number of carbonyl (C=O) groups excluding carboxylic acids is 1. The van der Waals surface area contributed by atoms with Gasteiger partial charge < -0.3 is 14.4 Å². The molecule has 1 aromatic carbocycles. The molecule has 0 spiro atoms. The molecule has 2 saturated heterocycles. The van der Waals surface area contributed by atoms with E-state index < -0.39 is 9.84 Å². The Labute approximate surface area is 184 Å². The lowest BCUT2D eigenvalue weighted by atomic mass is 10.2. The van der Waals surface area contributed by atoms with E-state index in [4.69, 9.17) is 9.47 Å². The van der Waals surface area contributed by atoms with Crippen molar-refractivity contribution in [3.8, 4) is 11.5 Å². The Morgan fingerprint density at radius 3 is 2.62 bits per heavy atom. The lowest BCUT2D eigenvalue weighted by Crippen LogP contribution is -2.37. The zero-order chi connectivity index (χ0) is 21.2. The van der Waals surface area contributed by atoms with E-state index in [1.54, 1.807) is 0 Å². The number of nitrogens with zero attached hydrogens (tertiary/aromatic N) is 2. The van der Waals surface area contributed by atoms with Gasteiger partial charge in [-0.05, 0) is 42.3 Å². The molecule has 2 aliphatic heterocycles. The maximum atomic E-state index is 12.2. The number of hydrogen-bond acceptors (Lipinski definition) is 6. The average molecular weight is 505 g/mol. The molecule has 0 saturated carbocycles. The molecule has 0 radical (unpaired) electrons. The van der Waals surface area contributed by atoms with E-state index in [1.165, 1.54) is 11.8 Å². The first-order chi connectivity index (χ1) is 13.8. The number of thioether (sulfide) groups is 1. The smallest absolute Gasteiger partial charge is 0.248 e. The van der Waals surface area contributed by atoms with Crippen LogP contribution in [0.3, 0.4) is 0 Å². The van der Waals surface area contributed by atoms with E-state index in [0.29, 0.717) is 47.2 Å². The summed E-state index contributed by atoms with van der Waals surface area (Å²) in [6, 6.07) is 3.42. The monoisotopic (exact) mass is 504 g/mol. The number of fused-ring (bicyclic) bond motifs is 1. The van der Waals surface area contributed by atoms with Gasteiger partial charge in [0.05, 0.1) is 35.2 Å². The van der Waals surface area contributed by atoms with E-state index in [0.717, 1.165) is 5.69 Å². The maximum Gasteiger partial charge on any atom is 0.248 e. The Balaban J connectivity index is 2.07. The van der Waals surface area contributed by atoms with Crippen molar-refractivity contribution in [1.82, 2.24) is 0 Å². The van der Waals surface area contributed by atoms with Crippen LogP contribution in [0, 0.1) is 0 Å². The number of hydrogen-bond donors (Lipinski definition) is 0. The topological polar surface area (TPSA) is 85.3 Å². The second-order valence-corrected chi connectivity index (χ2v) is 11.0. The second-order valence-electron chi connectivity index (χ2n) is 6.83. The molecule has 2 fully saturated rings. The molecule has 7 nitrogen and oxygen atoms in total. The highest BCUT2D eigenvalue weighted by Gasteiger charge is 2.49. The van der Waals surface area contributed by atoms with Crippen molar-refractivity contribution in [2.24, 2.45) is 4.99 Å². The molecular weight excluding hydrogens is 480 g/mol. The van der Waals surface area contributed by atoms with Crippen LogP contribution in [0.2, 0.25) is 0 Å². The van der Waals surface area contributed by atoms with Crippen molar-refractivity contribution in [3.05, 3.63) is 16.6 Å². The molecule has 0 bridgehead atoms. The van der Waals surface area contributed by atoms with Gasteiger partial charge in [-0.1, -0.05) is 18.7 Å². The van der Waals surface area contributed by atoms with Crippen molar-refractivity contribution < 1.29 is 22.7 Å². The summed E-state index contributed by atoms with van der Waals surface area (Å²) in [7, 11) is -3.13. The van der Waals surface area contributed by atoms with Gasteiger partial charge >= 0.3 is 0 Å². The average Bonchev–Trinajstić information content (AvgIpc) is 3.08. The number of benzene rings is 1. The molecule has 2 aliphatic rings. The summed E-state index contributed by atoms with van der Waals surface area (Å²) in [6.45, 7) is 6.65. The van der Waals surface area contributed by atoms with Gasteiger partial charge in [0.15, 0.2) is 26.5 Å². The molecule has 0 unspecified atom stereocenters. The molecule has 2 heterocycles. The van der Waals surface area contributed by atoms with Crippen LogP contribution in [0.15, 0.2) is 21.6 Å². The SMILES string of the molecule is CCCC(=O)N=C1S[C@@H]2CS(=O)(=O)C[C@@H]2N1c1cc(Br)c(OCC)c(OCC)c1. The first kappa shape index (κ1) is 22.4. The minimum Gasteiger partial charge on any atom is -0.490 e. The number of carbonyl (C=O) groups is 1. The standard InChI is InChI=1S/C19H25BrN2O5S2/c1-4-7-17(23)21-19-22(14-10-29(24,25)11-16(14)28-19)12-8-13(20)18(27-6-3)15(9-12)26-5-2/h8-9,14,16H,4-7,10-11H2,1-3H3/t14-,16+/m0/s1. The third-order valence-corrected chi connectivity index (χ3v) is 8.41. The Morgan fingerprint density at radius 2 is 1.97 bits per heavy atom. The number of rotatable bonds is 7. The number of amides is 1. The Hall–Kier alpha value is -1.26. The van der Waals surface area contributed by atoms with E-state index >= 15 is 0 Å². The fourth-order valence-corrected chi connectivity index (χ4v) is 7.96. The predicted molar refractivity (Wildman–Crippen MR) is 120 cm³/mol. The van der Waals surface area contributed by atoms with Gasteiger partial charge in [0.2, 0.25) is 5.91 Å². The summed E-state index contributed by atoms with van der Waals surface area (Å²) in [5.41, 5.74) is 0.726. The lowest BCUT2D eigenvalue weighted by Gasteiger charge is -2.26. The number of ether oxygens (including phenoxy) is 2. The van der Waals surface area contributed by atoms with Crippen LogP contribution in [0.4, 0.5) is 5.69 Å². The Kier molecular flexibility index (Phi) is 7.16. The zero-order valence-corrected chi connectivity index (χ0v) is 19.9. The summed E-state index contributed by atoms with van der Waals surface area (Å²) < 4.78 is 36.6. The van der Waals surface area contributed by atoms with Crippen LogP contribution < -0.4 is 14.4 Å². The lowest BCUT2D eigenvalue weighted by molar-refractivity contribution is -0.117. The van der Waals surface area contributed by atoms with Crippen LogP contribution in [0.5, 0.6) is 11.5 Å². The van der Waals surface area contributed by atoms with Gasteiger partial charge in [0.25, 0.3) is 0 Å². The van der Waals surface area contributed by atoms with Gasteiger partial charge in [0, 0.05) is 23.4 Å². The molecule has 1 aromatic rings. The van der Waals surface area contributed by atoms with Crippen molar-refractivity contribution in [2.75, 3.05) is 29.6 Å². The minimum absolute atomic E-state index is 0.0421. The molecule has 29 heavy (non-hydrogen) atoms. The van der Waals surface area contributed by atoms with E-state index in [1.807, 2.05) is 37.8 Å². The molecule has 0 aromatic heterocycles. The van der Waals surface area contributed by atoms with Crippen molar-refractivity contribution in [3.63, 3.8) is 0 Å². The number of sulfone groups is 1. The quantitative estimate of drug-likeness (QED) is 0.559. The molecule has 0 N–H and O–H groups in total. The number of aliphatic imine (C=N–C) groups is 1. The van der Waals surface area contributed by atoms with Gasteiger partial charge in [-0.15, -0.1) is 0 Å². The molecule has 3 rings (SSSR count). The van der Waals surface area contributed by atoms with Crippen molar-refractivity contribution in [1.29, 1.82) is 0 Å². The normalized spacial score (nSPS) is 24.0. The van der Waals surface area contributed by atoms with E-state index in [9.17, 15) is 13.2 Å². The van der Waals surface area contributed by atoms with Crippen LogP contribution in [-0.4, -0.2) is 55.5 Å². The van der Waals surface area contributed by atoms with E-state index in [2.05, 4.69) is 20.9 Å². The molecule has 10 heteroatoms. The second kappa shape index (κ2) is 9.26. The molecule has 2 atom stereocenters. The van der Waals surface area contributed by atoms with Crippen LogP contribution >= 0.6 is 27.7 Å². The molecule has 160 valence electrons. The third-order valence-electron chi connectivity index (χ3n) is 4.61. The predicted octanol–water partition coefficient (Wildman–Crippen LogP) is 3.65. The van der Waals surface area contributed by atoms with Crippen molar-refractivity contribution in [2.45, 2.75) is 44.9 Å². The Bertz CT molecular complexity index is 919. The fourth-order valence-electron chi connectivity index (χ4n) is 3.48. The highest BCUT2D eigenvalue weighted by Crippen LogP contribution is 2.45. The van der Waals surface area contributed by atoms with Crippen LogP contribution in [-0.2, 0) is 14.6 Å².